The Morgan fingerprint density at radius 1 is 1.29 bits per heavy atom. The highest BCUT2D eigenvalue weighted by molar-refractivity contribution is 5.93. The van der Waals surface area contributed by atoms with Gasteiger partial charge in [0.15, 0.2) is 0 Å². The molecule has 0 aliphatic carbocycles. The number of carbonyl (C=O) groups is 1. The van der Waals surface area contributed by atoms with E-state index in [-0.39, 0.29) is 22.4 Å². The third-order valence-corrected chi connectivity index (χ3v) is 3.55. The SMILES string of the molecule is COC(=O)c1cc(-c2cc3nc(C)[nH]c3cc2F)cc([N+](=O)[O-])c1. The number of H-pyrrole nitrogens is 1. The van der Waals surface area contributed by atoms with Gasteiger partial charge in [-0.3, -0.25) is 10.1 Å². The summed E-state index contributed by atoms with van der Waals surface area (Å²) in [5.74, 6) is -0.699. The van der Waals surface area contributed by atoms with Crippen LogP contribution in [0, 0.1) is 22.9 Å². The van der Waals surface area contributed by atoms with Crippen molar-refractivity contribution in [2.24, 2.45) is 0 Å². The Labute approximate surface area is 135 Å². The maximum Gasteiger partial charge on any atom is 0.338 e. The summed E-state index contributed by atoms with van der Waals surface area (Å²) in [5, 5.41) is 11.1. The van der Waals surface area contributed by atoms with E-state index in [4.69, 9.17) is 0 Å². The van der Waals surface area contributed by atoms with E-state index in [9.17, 15) is 19.3 Å². The van der Waals surface area contributed by atoms with Crippen molar-refractivity contribution >= 4 is 22.7 Å². The second kappa shape index (κ2) is 5.73. The van der Waals surface area contributed by atoms with Gasteiger partial charge in [0.05, 0.1) is 28.6 Å². The fourth-order valence-corrected chi connectivity index (χ4v) is 2.49. The Hall–Kier alpha value is -3.29. The summed E-state index contributed by atoms with van der Waals surface area (Å²) in [6, 6.07) is 6.39. The van der Waals surface area contributed by atoms with Crippen molar-refractivity contribution in [2.45, 2.75) is 6.92 Å². The molecule has 8 heteroatoms. The average molecular weight is 329 g/mol. The number of rotatable bonds is 3. The molecule has 0 atom stereocenters. The van der Waals surface area contributed by atoms with Gasteiger partial charge in [-0.15, -0.1) is 0 Å². The summed E-state index contributed by atoms with van der Waals surface area (Å²) in [4.78, 5) is 29.3. The van der Waals surface area contributed by atoms with Gasteiger partial charge in [-0.25, -0.2) is 14.2 Å². The molecule has 0 bridgehead atoms. The summed E-state index contributed by atoms with van der Waals surface area (Å²) in [5.41, 5.74) is 1.000. The number of methoxy groups -OCH3 is 1. The lowest BCUT2D eigenvalue weighted by molar-refractivity contribution is -0.384. The van der Waals surface area contributed by atoms with E-state index in [1.807, 2.05) is 0 Å². The van der Waals surface area contributed by atoms with Gasteiger partial charge in [-0.1, -0.05) is 0 Å². The van der Waals surface area contributed by atoms with Crippen LogP contribution in [-0.4, -0.2) is 28.0 Å². The first kappa shape index (κ1) is 15.6. The molecule has 0 radical (unpaired) electrons. The number of nitro benzene ring substituents is 1. The monoisotopic (exact) mass is 329 g/mol. The Morgan fingerprint density at radius 3 is 2.71 bits per heavy atom. The molecule has 122 valence electrons. The van der Waals surface area contributed by atoms with Crippen LogP contribution in [0.25, 0.3) is 22.2 Å². The molecular formula is C16H12FN3O4. The zero-order chi connectivity index (χ0) is 17.4. The summed E-state index contributed by atoms with van der Waals surface area (Å²) in [7, 11) is 1.17. The largest absolute Gasteiger partial charge is 0.465 e. The Morgan fingerprint density at radius 2 is 2.04 bits per heavy atom. The molecule has 0 amide bonds. The molecule has 0 spiro atoms. The summed E-state index contributed by atoms with van der Waals surface area (Å²) in [6.45, 7) is 1.74. The van der Waals surface area contributed by atoms with Crippen LogP contribution in [0.5, 0.6) is 0 Å². The fourth-order valence-electron chi connectivity index (χ4n) is 2.49. The molecule has 0 saturated heterocycles. The number of esters is 1. The third-order valence-electron chi connectivity index (χ3n) is 3.55. The van der Waals surface area contributed by atoms with Crippen molar-refractivity contribution in [3.8, 4) is 11.1 Å². The van der Waals surface area contributed by atoms with E-state index in [0.717, 1.165) is 6.07 Å². The number of hydrogen-bond acceptors (Lipinski definition) is 5. The number of benzene rings is 2. The van der Waals surface area contributed by atoms with Crippen LogP contribution in [0.15, 0.2) is 30.3 Å². The highest BCUT2D eigenvalue weighted by Crippen LogP contribution is 2.31. The van der Waals surface area contributed by atoms with Crippen molar-refractivity contribution in [3.63, 3.8) is 0 Å². The van der Waals surface area contributed by atoms with Crippen LogP contribution in [0.1, 0.15) is 16.2 Å². The van der Waals surface area contributed by atoms with Crippen molar-refractivity contribution in [2.75, 3.05) is 7.11 Å². The van der Waals surface area contributed by atoms with Crippen molar-refractivity contribution in [3.05, 3.63) is 57.7 Å². The number of fused-ring (bicyclic) bond motifs is 1. The molecule has 3 rings (SSSR count). The fraction of sp³-hybridized carbons (Fsp3) is 0.125. The number of carbonyl (C=O) groups excluding carboxylic acids is 1. The Bertz CT molecular complexity index is 981. The number of ether oxygens (including phenoxy) is 1. The maximum absolute atomic E-state index is 14.4. The van der Waals surface area contributed by atoms with Crippen LogP contribution in [0.3, 0.4) is 0 Å². The van der Waals surface area contributed by atoms with Crippen LogP contribution in [-0.2, 0) is 4.74 Å². The molecule has 3 aromatic rings. The second-order valence-electron chi connectivity index (χ2n) is 5.19. The zero-order valence-electron chi connectivity index (χ0n) is 12.8. The van der Waals surface area contributed by atoms with Crippen molar-refractivity contribution < 1.29 is 18.8 Å². The van der Waals surface area contributed by atoms with Gasteiger partial charge in [0, 0.05) is 23.8 Å². The molecule has 1 aromatic heterocycles. The molecule has 0 saturated carbocycles. The number of halogens is 1. The Kier molecular flexibility index (Phi) is 3.72. The van der Waals surface area contributed by atoms with E-state index in [0.29, 0.717) is 16.9 Å². The molecule has 1 heterocycles. The molecular weight excluding hydrogens is 317 g/mol. The van der Waals surface area contributed by atoms with Gasteiger partial charge in [-0.2, -0.15) is 0 Å². The van der Waals surface area contributed by atoms with E-state index < -0.39 is 16.7 Å². The summed E-state index contributed by atoms with van der Waals surface area (Å²) in [6.07, 6.45) is 0. The topological polar surface area (TPSA) is 98.1 Å². The number of hydrogen-bond donors (Lipinski definition) is 1. The lowest BCUT2D eigenvalue weighted by Crippen LogP contribution is -2.03. The standard InChI is InChI=1S/C16H12FN3O4/c1-8-18-14-6-12(13(17)7-15(14)19-8)9-3-10(16(21)24-2)5-11(4-9)20(22)23/h3-7H,1-2H3,(H,18,19). The predicted octanol–water partition coefficient (Wildman–Crippen LogP) is 3.37. The van der Waals surface area contributed by atoms with Gasteiger partial charge in [0.25, 0.3) is 5.69 Å². The van der Waals surface area contributed by atoms with Gasteiger partial charge >= 0.3 is 5.97 Å². The van der Waals surface area contributed by atoms with Crippen LogP contribution in [0.4, 0.5) is 10.1 Å². The van der Waals surface area contributed by atoms with Gasteiger partial charge < -0.3 is 9.72 Å². The van der Waals surface area contributed by atoms with Crippen LogP contribution >= 0.6 is 0 Å². The molecule has 0 unspecified atom stereocenters. The van der Waals surface area contributed by atoms with Crippen molar-refractivity contribution in [1.82, 2.24) is 9.97 Å². The number of aromatic amines is 1. The molecule has 7 nitrogen and oxygen atoms in total. The number of aromatic nitrogens is 2. The van der Waals surface area contributed by atoms with Gasteiger partial charge in [0.1, 0.15) is 11.6 Å². The minimum Gasteiger partial charge on any atom is -0.465 e. The van der Waals surface area contributed by atoms with Gasteiger partial charge in [-0.05, 0) is 24.6 Å². The number of non-ortho nitro benzene ring substituents is 1. The van der Waals surface area contributed by atoms with E-state index >= 15 is 0 Å². The minimum absolute atomic E-state index is 0.0283. The Balaban J connectivity index is 2.24. The lowest BCUT2D eigenvalue weighted by Gasteiger charge is -2.07. The molecule has 1 N–H and O–H groups in total. The average Bonchev–Trinajstić information content (AvgIpc) is 2.91. The number of nitrogens with zero attached hydrogens (tertiary/aromatic N) is 2. The van der Waals surface area contributed by atoms with E-state index in [1.165, 1.54) is 31.4 Å². The first-order valence-electron chi connectivity index (χ1n) is 6.93. The van der Waals surface area contributed by atoms with Crippen molar-refractivity contribution in [1.29, 1.82) is 0 Å². The van der Waals surface area contributed by atoms with Crippen LogP contribution in [0.2, 0.25) is 0 Å². The second-order valence-corrected chi connectivity index (χ2v) is 5.19. The predicted molar refractivity (Wildman–Crippen MR) is 84.2 cm³/mol. The quantitative estimate of drug-likeness (QED) is 0.451. The first-order chi connectivity index (χ1) is 11.4. The molecule has 0 aliphatic rings. The summed E-state index contributed by atoms with van der Waals surface area (Å²) >= 11 is 0. The number of nitrogens with one attached hydrogen (secondary N) is 1. The number of imidazole rings is 1. The van der Waals surface area contributed by atoms with E-state index in [1.54, 1.807) is 6.92 Å². The third kappa shape index (κ3) is 2.69. The minimum atomic E-state index is -0.739. The highest BCUT2D eigenvalue weighted by atomic mass is 19.1. The highest BCUT2D eigenvalue weighted by Gasteiger charge is 2.18. The maximum atomic E-state index is 14.4. The first-order valence-corrected chi connectivity index (χ1v) is 6.93. The molecule has 24 heavy (non-hydrogen) atoms. The molecule has 2 aromatic carbocycles. The molecule has 0 aliphatic heterocycles. The normalized spacial score (nSPS) is 10.8. The summed E-state index contributed by atoms with van der Waals surface area (Å²) < 4.78 is 19.0. The molecule has 0 fully saturated rings. The van der Waals surface area contributed by atoms with E-state index in [2.05, 4.69) is 14.7 Å². The smallest absolute Gasteiger partial charge is 0.338 e. The van der Waals surface area contributed by atoms with Crippen LogP contribution < -0.4 is 0 Å². The number of aryl methyl sites for hydroxylation is 1. The number of nitro groups is 1. The lowest BCUT2D eigenvalue weighted by atomic mass is 10.0. The zero-order valence-corrected chi connectivity index (χ0v) is 12.8. The van der Waals surface area contributed by atoms with Gasteiger partial charge in [0.2, 0.25) is 0 Å².